The molecule has 1 aliphatic heterocycles. The van der Waals surface area contributed by atoms with Crippen molar-refractivity contribution in [3.8, 4) is 0 Å². The van der Waals surface area contributed by atoms with E-state index in [2.05, 4.69) is 42.2 Å². The first kappa shape index (κ1) is 13.6. The minimum Gasteiger partial charge on any atom is -0.393 e. The molecule has 0 unspecified atom stereocenters. The van der Waals surface area contributed by atoms with E-state index in [1.165, 1.54) is 5.56 Å². The molecular formula is C16H25NO. The second kappa shape index (κ2) is 6.91. The molecule has 0 radical (unpaired) electrons. The molecular weight excluding hydrogens is 222 g/mol. The fourth-order valence-electron chi connectivity index (χ4n) is 2.84. The molecule has 0 amide bonds. The first-order valence-electron chi connectivity index (χ1n) is 7.22. The minimum atomic E-state index is -0.0587. The van der Waals surface area contributed by atoms with E-state index in [0.29, 0.717) is 6.04 Å². The Morgan fingerprint density at radius 1 is 1.17 bits per heavy atom. The van der Waals surface area contributed by atoms with Crippen molar-refractivity contribution in [2.75, 3.05) is 13.1 Å². The van der Waals surface area contributed by atoms with Gasteiger partial charge < -0.3 is 10.0 Å². The van der Waals surface area contributed by atoms with Crippen LogP contribution in [0.4, 0.5) is 0 Å². The van der Waals surface area contributed by atoms with E-state index in [1.807, 2.05) is 0 Å². The number of aliphatic hydroxyl groups is 1. The summed E-state index contributed by atoms with van der Waals surface area (Å²) < 4.78 is 0. The zero-order valence-electron chi connectivity index (χ0n) is 11.4. The van der Waals surface area contributed by atoms with Crippen LogP contribution < -0.4 is 0 Å². The Morgan fingerprint density at radius 2 is 1.78 bits per heavy atom. The van der Waals surface area contributed by atoms with E-state index in [1.54, 1.807) is 0 Å². The third kappa shape index (κ3) is 4.11. The van der Waals surface area contributed by atoms with Crippen molar-refractivity contribution in [3.05, 3.63) is 35.9 Å². The number of hydrogen-bond donors (Lipinski definition) is 1. The van der Waals surface area contributed by atoms with Crippen LogP contribution in [0.2, 0.25) is 0 Å². The molecule has 1 atom stereocenters. The van der Waals surface area contributed by atoms with Gasteiger partial charge in [-0.15, -0.1) is 0 Å². The lowest BCUT2D eigenvalue weighted by atomic mass is 10.0. The number of nitrogens with zero attached hydrogens (tertiary/aromatic N) is 1. The van der Waals surface area contributed by atoms with Crippen molar-refractivity contribution in [1.82, 2.24) is 4.90 Å². The van der Waals surface area contributed by atoms with E-state index >= 15 is 0 Å². The number of benzene rings is 1. The predicted octanol–water partition coefficient (Wildman–Crippen LogP) is 2.85. The molecule has 2 nitrogen and oxygen atoms in total. The SMILES string of the molecule is C[C@H](Cc1ccccc1)N1CCCC(O)CCC1. The molecule has 0 bridgehead atoms. The van der Waals surface area contributed by atoms with Gasteiger partial charge in [0.15, 0.2) is 0 Å². The molecule has 1 aliphatic rings. The largest absolute Gasteiger partial charge is 0.393 e. The molecule has 2 rings (SSSR count). The highest BCUT2D eigenvalue weighted by atomic mass is 16.3. The molecule has 100 valence electrons. The molecule has 18 heavy (non-hydrogen) atoms. The summed E-state index contributed by atoms with van der Waals surface area (Å²) in [6, 6.07) is 11.3. The molecule has 1 aromatic carbocycles. The Kier molecular flexibility index (Phi) is 5.21. The molecule has 2 heteroatoms. The summed E-state index contributed by atoms with van der Waals surface area (Å²) in [6.45, 7) is 4.58. The van der Waals surface area contributed by atoms with Gasteiger partial charge in [0.25, 0.3) is 0 Å². The summed E-state index contributed by atoms with van der Waals surface area (Å²) in [5, 5.41) is 9.66. The van der Waals surface area contributed by atoms with Crippen LogP contribution in [-0.2, 0) is 6.42 Å². The Hall–Kier alpha value is -0.860. The van der Waals surface area contributed by atoms with Crippen molar-refractivity contribution in [2.45, 2.75) is 51.2 Å². The summed E-state index contributed by atoms with van der Waals surface area (Å²) in [6.07, 6.45) is 5.25. The fourth-order valence-corrected chi connectivity index (χ4v) is 2.84. The number of aliphatic hydroxyl groups excluding tert-OH is 1. The van der Waals surface area contributed by atoms with Crippen LogP contribution in [0.25, 0.3) is 0 Å². The van der Waals surface area contributed by atoms with Gasteiger partial charge in [-0.2, -0.15) is 0 Å². The van der Waals surface area contributed by atoms with Gasteiger partial charge in [-0.05, 0) is 57.7 Å². The van der Waals surface area contributed by atoms with Gasteiger partial charge >= 0.3 is 0 Å². The first-order valence-corrected chi connectivity index (χ1v) is 7.22. The second-order valence-electron chi connectivity index (χ2n) is 5.51. The fraction of sp³-hybridized carbons (Fsp3) is 0.625. The van der Waals surface area contributed by atoms with E-state index in [9.17, 15) is 5.11 Å². The van der Waals surface area contributed by atoms with Crippen LogP contribution in [-0.4, -0.2) is 35.2 Å². The van der Waals surface area contributed by atoms with Gasteiger partial charge in [0.05, 0.1) is 6.10 Å². The van der Waals surface area contributed by atoms with Crippen LogP contribution in [0.3, 0.4) is 0 Å². The third-order valence-electron chi connectivity index (χ3n) is 3.96. The second-order valence-corrected chi connectivity index (χ2v) is 5.51. The summed E-state index contributed by atoms with van der Waals surface area (Å²) >= 11 is 0. The van der Waals surface area contributed by atoms with Crippen LogP contribution in [0.15, 0.2) is 30.3 Å². The zero-order valence-corrected chi connectivity index (χ0v) is 11.4. The standard InChI is InChI=1S/C16H25NO/c1-14(13-15-7-3-2-4-8-15)17-11-5-9-16(18)10-6-12-17/h2-4,7-8,14,16,18H,5-6,9-13H2,1H3/t14-/m1/s1. The van der Waals surface area contributed by atoms with E-state index < -0.39 is 0 Å². The van der Waals surface area contributed by atoms with Crippen LogP contribution in [0, 0.1) is 0 Å². The first-order chi connectivity index (χ1) is 8.75. The van der Waals surface area contributed by atoms with Gasteiger partial charge in [0.1, 0.15) is 0 Å². The Morgan fingerprint density at radius 3 is 2.39 bits per heavy atom. The Balaban J connectivity index is 1.86. The lowest BCUT2D eigenvalue weighted by Gasteiger charge is -2.31. The van der Waals surface area contributed by atoms with E-state index in [4.69, 9.17) is 0 Å². The number of rotatable bonds is 3. The number of likely N-dealkylation sites (tertiary alicyclic amines) is 1. The van der Waals surface area contributed by atoms with Gasteiger partial charge in [-0.25, -0.2) is 0 Å². The van der Waals surface area contributed by atoms with Gasteiger partial charge in [0, 0.05) is 6.04 Å². The maximum atomic E-state index is 9.66. The zero-order chi connectivity index (χ0) is 12.8. The maximum absolute atomic E-state index is 9.66. The van der Waals surface area contributed by atoms with E-state index in [-0.39, 0.29) is 6.10 Å². The van der Waals surface area contributed by atoms with Crippen molar-refractivity contribution in [3.63, 3.8) is 0 Å². The highest BCUT2D eigenvalue weighted by Crippen LogP contribution is 2.15. The van der Waals surface area contributed by atoms with E-state index in [0.717, 1.165) is 45.2 Å². The summed E-state index contributed by atoms with van der Waals surface area (Å²) in [5.74, 6) is 0. The molecule has 1 saturated heterocycles. The summed E-state index contributed by atoms with van der Waals surface area (Å²) in [7, 11) is 0. The molecule has 0 spiro atoms. The van der Waals surface area contributed by atoms with Crippen molar-refractivity contribution in [1.29, 1.82) is 0 Å². The van der Waals surface area contributed by atoms with Crippen LogP contribution >= 0.6 is 0 Å². The lowest BCUT2D eigenvalue weighted by molar-refractivity contribution is 0.107. The van der Waals surface area contributed by atoms with Crippen LogP contribution in [0.5, 0.6) is 0 Å². The van der Waals surface area contributed by atoms with Crippen LogP contribution in [0.1, 0.15) is 38.2 Å². The van der Waals surface area contributed by atoms with Gasteiger partial charge in [0.2, 0.25) is 0 Å². The normalized spacial score (nSPS) is 21.2. The average Bonchev–Trinajstić information content (AvgIpc) is 2.34. The van der Waals surface area contributed by atoms with Crippen molar-refractivity contribution in [2.24, 2.45) is 0 Å². The molecule has 0 aromatic heterocycles. The average molecular weight is 247 g/mol. The Labute approximate surface area is 111 Å². The third-order valence-corrected chi connectivity index (χ3v) is 3.96. The highest BCUT2D eigenvalue weighted by molar-refractivity contribution is 5.15. The topological polar surface area (TPSA) is 23.5 Å². The maximum Gasteiger partial charge on any atom is 0.0541 e. The molecule has 1 heterocycles. The van der Waals surface area contributed by atoms with Crippen molar-refractivity contribution >= 4 is 0 Å². The summed E-state index contributed by atoms with van der Waals surface area (Å²) in [5.41, 5.74) is 1.42. The smallest absolute Gasteiger partial charge is 0.0541 e. The minimum absolute atomic E-state index is 0.0587. The predicted molar refractivity (Wildman–Crippen MR) is 75.7 cm³/mol. The molecule has 1 aromatic rings. The molecule has 1 fully saturated rings. The van der Waals surface area contributed by atoms with Gasteiger partial charge in [-0.3, -0.25) is 0 Å². The van der Waals surface area contributed by atoms with Crippen molar-refractivity contribution < 1.29 is 5.11 Å². The molecule has 0 saturated carbocycles. The number of hydrogen-bond acceptors (Lipinski definition) is 2. The lowest BCUT2D eigenvalue weighted by Crippen LogP contribution is -2.38. The molecule has 0 aliphatic carbocycles. The highest BCUT2D eigenvalue weighted by Gasteiger charge is 2.17. The quantitative estimate of drug-likeness (QED) is 0.888. The monoisotopic (exact) mass is 247 g/mol. The Bertz CT molecular complexity index is 328. The van der Waals surface area contributed by atoms with Gasteiger partial charge in [-0.1, -0.05) is 30.3 Å². The molecule has 1 N–H and O–H groups in total. The summed E-state index contributed by atoms with van der Waals surface area (Å²) in [4.78, 5) is 2.58.